The van der Waals surface area contributed by atoms with Gasteiger partial charge < -0.3 is 14.3 Å². The number of hydrogen-bond donors (Lipinski definition) is 0. The Morgan fingerprint density at radius 3 is 2.76 bits per heavy atom. The molecule has 1 amide bonds. The summed E-state index contributed by atoms with van der Waals surface area (Å²) in [5, 5.41) is 4.70. The summed E-state index contributed by atoms with van der Waals surface area (Å²) in [7, 11) is 0. The molecule has 0 aromatic carbocycles. The molecule has 3 aliphatic rings. The van der Waals surface area contributed by atoms with Crippen LogP contribution in [-0.2, 0) is 17.6 Å². The number of nitrogens with zero attached hydrogens (tertiary/aromatic N) is 7. The smallest absolute Gasteiger partial charge is 0.257 e. The van der Waals surface area contributed by atoms with Crippen molar-refractivity contribution in [1.29, 1.82) is 0 Å². The Morgan fingerprint density at radius 2 is 2.03 bits per heavy atom. The zero-order chi connectivity index (χ0) is 23.2. The predicted molar refractivity (Wildman–Crippen MR) is 126 cm³/mol. The van der Waals surface area contributed by atoms with E-state index in [9.17, 15) is 9.59 Å². The van der Waals surface area contributed by atoms with E-state index in [2.05, 4.69) is 20.0 Å². The summed E-state index contributed by atoms with van der Waals surface area (Å²) in [5.74, 6) is 2.74. The van der Waals surface area contributed by atoms with Crippen molar-refractivity contribution in [1.82, 2.24) is 29.6 Å². The fraction of sp³-hybridized carbons (Fsp3) is 0.478. The number of fused-ring (bicyclic) bond motifs is 2. The molecule has 1 aliphatic carbocycles. The van der Waals surface area contributed by atoms with Crippen molar-refractivity contribution in [2.75, 3.05) is 36.8 Å². The molecular weight excluding hydrogens is 454 g/mol. The summed E-state index contributed by atoms with van der Waals surface area (Å²) >= 11 is 1.59. The monoisotopic (exact) mass is 479 g/mol. The van der Waals surface area contributed by atoms with E-state index in [1.54, 1.807) is 29.4 Å². The van der Waals surface area contributed by atoms with Crippen LogP contribution in [0.5, 0.6) is 0 Å². The van der Waals surface area contributed by atoms with Gasteiger partial charge in [-0.05, 0) is 31.4 Å². The van der Waals surface area contributed by atoms with Crippen molar-refractivity contribution < 1.29 is 9.32 Å². The van der Waals surface area contributed by atoms with Crippen LogP contribution in [0.1, 0.15) is 36.0 Å². The van der Waals surface area contributed by atoms with Gasteiger partial charge in [0.1, 0.15) is 5.82 Å². The minimum atomic E-state index is -0.112. The summed E-state index contributed by atoms with van der Waals surface area (Å²) in [6.07, 6.45) is 4.78. The van der Waals surface area contributed by atoms with E-state index in [0.717, 1.165) is 52.8 Å². The summed E-state index contributed by atoms with van der Waals surface area (Å²) in [4.78, 5) is 43.6. The van der Waals surface area contributed by atoms with Gasteiger partial charge in [0, 0.05) is 62.6 Å². The Kier molecular flexibility index (Phi) is 5.35. The molecular formula is C23H25N7O3S. The lowest BCUT2D eigenvalue weighted by atomic mass is 10.1. The highest BCUT2D eigenvalue weighted by atomic mass is 32.2. The van der Waals surface area contributed by atoms with Gasteiger partial charge in [0.2, 0.25) is 17.6 Å². The van der Waals surface area contributed by atoms with Crippen molar-refractivity contribution in [3.8, 4) is 11.4 Å². The van der Waals surface area contributed by atoms with Crippen molar-refractivity contribution >= 4 is 23.5 Å². The van der Waals surface area contributed by atoms with Crippen LogP contribution >= 0.6 is 11.8 Å². The van der Waals surface area contributed by atoms with Crippen molar-refractivity contribution in [2.45, 2.75) is 43.8 Å². The molecule has 1 atom stereocenters. The highest BCUT2D eigenvalue weighted by Gasteiger charge is 2.33. The molecule has 3 aromatic rings. The van der Waals surface area contributed by atoms with Gasteiger partial charge in [0.25, 0.3) is 5.56 Å². The Labute approximate surface area is 200 Å². The Balaban J connectivity index is 1.08. The molecule has 0 N–H and O–H groups in total. The normalized spacial score (nSPS) is 19.4. The van der Waals surface area contributed by atoms with Crippen molar-refractivity contribution in [3.63, 3.8) is 0 Å². The Morgan fingerprint density at radius 1 is 1.18 bits per heavy atom. The number of carbonyl (C=O) groups excluding carboxylic acids is 1. The van der Waals surface area contributed by atoms with E-state index in [0.29, 0.717) is 44.3 Å². The standard InChI is InChI=1S/C23H25N7O3S/c1-14-25-21(27-33-14)15-5-6-19(24-12-15)28-7-9-29(10-8-28)20(31)11-16-13-34-23-26-18-4-2-3-17(18)22(32)30(16)23/h5-6,12,16H,2-4,7-11,13H2,1H3. The Bertz CT molecular complexity index is 1290. The lowest BCUT2D eigenvalue weighted by molar-refractivity contribution is -0.132. The summed E-state index contributed by atoms with van der Waals surface area (Å²) < 4.78 is 6.81. The number of anilines is 1. The van der Waals surface area contributed by atoms with Crippen LogP contribution in [0, 0.1) is 6.92 Å². The average Bonchev–Trinajstić information content (AvgIpc) is 3.60. The quantitative estimate of drug-likeness (QED) is 0.518. The first-order valence-electron chi connectivity index (χ1n) is 11.6. The molecule has 3 aromatic heterocycles. The molecule has 0 radical (unpaired) electrons. The summed E-state index contributed by atoms with van der Waals surface area (Å²) in [6.45, 7) is 4.45. The topological polar surface area (TPSA) is 110 Å². The number of pyridine rings is 1. The fourth-order valence-electron chi connectivity index (χ4n) is 4.94. The zero-order valence-corrected chi connectivity index (χ0v) is 19.8. The molecule has 2 aliphatic heterocycles. The molecule has 1 saturated heterocycles. The molecule has 1 fully saturated rings. The molecule has 1 unspecified atom stereocenters. The molecule has 6 rings (SSSR count). The molecule has 0 bridgehead atoms. The maximum atomic E-state index is 13.1. The van der Waals surface area contributed by atoms with E-state index in [-0.39, 0.29) is 17.5 Å². The molecule has 10 nitrogen and oxygen atoms in total. The molecule has 11 heteroatoms. The number of piperazine rings is 1. The average molecular weight is 480 g/mol. The van der Waals surface area contributed by atoms with Crippen LogP contribution in [0.15, 0.2) is 32.8 Å². The maximum Gasteiger partial charge on any atom is 0.257 e. The van der Waals surface area contributed by atoms with E-state index in [1.807, 2.05) is 17.0 Å². The first-order chi connectivity index (χ1) is 16.6. The third-order valence-corrected chi connectivity index (χ3v) is 7.87. The lowest BCUT2D eigenvalue weighted by Crippen LogP contribution is -2.49. The van der Waals surface area contributed by atoms with Crippen LogP contribution in [0.2, 0.25) is 0 Å². The predicted octanol–water partition coefficient (Wildman–Crippen LogP) is 1.87. The van der Waals surface area contributed by atoms with E-state index in [4.69, 9.17) is 9.51 Å². The first-order valence-corrected chi connectivity index (χ1v) is 12.6. The first kappa shape index (κ1) is 21.3. The number of rotatable bonds is 4. The van der Waals surface area contributed by atoms with Crippen LogP contribution in [0.3, 0.4) is 0 Å². The van der Waals surface area contributed by atoms with Gasteiger partial charge >= 0.3 is 0 Å². The number of carbonyl (C=O) groups is 1. The van der Waals surface area contributed by atoms with Gasteiger partial charge in [-0.3, -0.25) is 14.2 Å². The number of thioether (sulfide) groups is 1. The minimum Gasteiger partial charge on any atom is -0.353 e. The van der Waals surface area contributed by atoms with Gasteiger partial charge in [0.05, 0.1) is 11.7 Å². The molecule has 0 spiro atoms. The van der Waals surface area contributed by atoms with E-state index < -0.39 is 0 Å². The minimum absolute atomic E-state index is 0.0654. The third kappa shape index (κ3) is 3.77. The molecule has 0 saturated carbocycles. The van der Waals surface area contributed by atoms with Crippen LogP contribution < -0.4 is 10.5 Å². The van der Waals surface area contributed by atoms with Gasteiger partial charge in [0.15, 0.2) is 5.16 Å². The van der Waals surface area contributed by atoms with E-state index in [1.165, 1.54) is 0 Å². The molecule has 5 heterocycles. The van der Waals surface area contributed by atoms with Gasteiger partial charge in [-0.25, -0.2) is 9.97 Å². The zero-order valence-electron chi connectivity index (χ0n) is 18.9. The molecule has 34 heavy (non-hydrogen) atoms. The van der Waals surface area contributed by atoms with Crippen LogP contribution in [0.4, 0.5) is 5.82 Å². The lowest BCUT2D eigenvalue weighted by Gasteiger charge is -2.36. The largest absolute Gasteiger partial charge is 0.353 e. The van der Waals surface area contributed by atoms with Crippen molar-refractivity contribution in [3.05, 3.63) is 45.8 Å². The summed E-state index contributed by atoms with van der Waals surface area (Å²) in [5.41, 5.74) is 2.68. The number of amides is 1. The van der Waals surface area contributed by atoms with Gasteiger partial charge in [-0.15, -0.1) is 0 Å². The SMILES string of the molecule is Cc1nc(-c2ccc(N3CCN(C(=O)CC4CSc5nc6c(c(=O)n54)CCC6)CC3)nc2)no1. The number of aromatic nitrogens is 5. The number of hydrogen-bond acceptors (Lipinski definition) is 9. The van der Waals surface area contributed by atoms with Gasteiger partial charge in [-0.1, -0.05) is 16.9 Å². The second kappa shape index (κ2) is 8.53. The second-order valence-electron chi connectivity index (χ2n) is 8.93. The van der Waals surface area contributed by atoms with Gasteiger partial charge in [-0.2, -0.15) is 4.98 Å². The third-order valence-electron chi connectivity index (χ3n) is 6.77. The second-order valence-corrected chi connectivity index (χ2v) is 9.91. The summed E-state index contributed by atoms with van der Waals surface area (Å²) in [6, 6.07) is 3.77. The van der Waals surface area contributed by atoms with Crippen LogP contribution in [0.25, 0.3) is 11.4 Å². The van der Waals surface area contributed by atoms with Crippen molar-refractivity contribution in [2.24, 2.45) is 0 Å². The molecule has 176 valence electrons. The number of aryl methyl sites for hydroxylation is 2. The van der Waals surface area contributed by atoms with E-state index >= 15 is 0 Å². The maximum absolute atomic E-state index is 13.1. The Hall–Kier alpha value is -3.21. The fourth-order valence-corrected chi connectivity index (χ4v) is 6.09. The van der Waals surface area contributed by atoms with Crippen LogP contribution in [-0.4, -0.2) is 67.4 Å². The highest BCUT2D eigenvalue weighted by molar-refractivity contribution is 7.99. The highest BCUT2D eigenvalue weighted by Crippen LogP contribution is 2.34.